The molecule has 0 spiro atoms. The number of benzene rings is 1. The standard InChI is InChI=1S/C24H22FN5O3S/c1-2-33-21(31)10-12-29(16-17-6-4-11-26-15-17)24(32)22-27-23(20-9-5-13-34-20)30(28-22)19-8-3-7-18(25)14-19/h3-9,11,13-15H,2,10,12,16H2,1H3. The summed E-state index contributed by atoms with van der Waals surface area (Å²) in [4.78, 5) is 36.3. The number of thiophene rings is 1. The van der Waals surface area contributed by atoms with Crippen molar-refractivity contribution in [2.75, 3.05) is 13.2 Å². The second-order valence-electron chi connectivity index (χ2n) is 7.27. The number of pyridine rings is 1. The van der Waals surface area contributed by atoms with Gasteiger partial charge in [0.1, 0.15) is 5.82 Å². The van der Waals surface area contributed by atoms with Crippen LogP contribution in [-0.2, 0) is 16.1 Å². The first-order valence-corrected chi connectivity index (χ1v) is 11.5. The Morgan fingerprint density at radius 3 is 2.76 bits per heavy atom. The molecule has 3 aromatic heterocycles. The van der Waals surface area contributed by atoms with Crippen molar-refractivity contribution in [3.05, 3.63) is 83.5 Å². The van der Waals surface area contributed by atoms with Crippen molar-refractivity contribution in [3.63, 3.8) is 0 Å². The molecule has 34 heavy (non-hydrogen) atoms. The average molecular weight is 480 g/mol. The minimum Gasteiger partial charge on any atom is -0.466 e. The maximum absolute atomic E-state index is 13.9. The van der Waals surface area contributed by atoms with Crippen LogP contribution in [-0.4, -0.2) is 49.7 Å². The van der Waals surface area contributed by atoms with E-state index in [0.29, 0.717) is 11.5 Å². The Kier molecular flexibility index (Phi) is 7.38. The maximum Gasteiger partial charge on any atom is 0.307 e. The summed E-state index contributed by atoms with van der Waals surface area (Å²) in [6.45, 7) is 2.33. The van der Waals surface area contributed by atoms with E-state index in [-0.39, 0.29) is 31.9 Å². The van der Waals surface area contributed by atoms with Crippen LogP contribution in [0.25, 0.3) is 16.4 Å². The number of rotatable bonds is 9. The van der Waals surface area contributed by atoms with Gasteiger partial charge in [-0.2, -0.15) is 0 Å². The molecule has 0 saturated heterocycles. The lowest BCUT2D eigenvalue weighted by Gasteiger charge is -2.21. The second-order valence-corrected chi connectivity index (χ2v) is 8.22. The van der Waals surface area contributed by atoms with Crippen LogP contribution < -0.4 is 0 Å². The summed E-state index contributed by atoms with van der Waals surface area (Å²) in [6, 6.07) is 13.3. The van der Waals surface area contributed by atoms with E-state index in [1.165, 1.54) is 33.1 Å². The van der Waals surface area contributed by atoms with Gasteiger partial charge >= 0.3 is 5.97 Å². The van der Waals surface area contributed by atoms with Gasteiger partial charge in [-0.15, -0.1) is 16.4 Å². The lowest BCUT2D eigenvalue weighted by Crippen LogP contribution is -2.33. The molecule has 1 amide bonds. The zero-order valence-corrected chi connectivity index (χ0v) is 19.2. The van der Waals surface area contributed by atoms with Crippen LogP contribution in [0.5, 0.6) is 0 Å². The van der Waals surface area contributed by atoms with Crippen LogP contribution in [0.4, 0.5) is 4.39 Å². The van der Waals surface area contributed by atoms with Gasteiger partial charge in [-0.3, -0.25) is 14.6 Å². The molecule has 4 aromatic rings. The number of amides is 1. The van der Waals surface area contributed by atoms with E-state index in [1.54, 1.807) is 37.5 Å². The average Bonchev–Trinajstić information content (AvgIpc) is 3.52. The van der Waals surface area contributed by atoms with E-state index in [4.69, 9.17) is 4.74 Å². The molecule has 0 saturated carbocycles. The molecule has 174 valence electrons. The van der Waals surface area contributed by atoms with Gasteiger partial charge in [0.05, 0.1) is 23.6 Å². The summed E-state index contributed by atoms with van der Waals surface area (Å²) in [5.41, 5.74) is 1.24. The highest BCUT2D eigenvalue weighted by molar-refractivity contribution is 7.13. The normalized spacial score (nSPS) is 10.8. The molecule has 0 unspecified atom stereocenters. The molecule has 8 nitrogen and oxygen atoms in total. The predicted molar refractivity (Wildman–Crippen MR) is 125 cm³/mol. The fourth-order valence-electron chi connectivity index (χ4n) is 3.32. The molecule has 10 heteroatoms. The molecule has 0 fully saturated rings. The van der Waals surface area contributed by atoms with Gasteiger partial charge in [-0.1, -0.05) is 18.2 Å². The van der Waals surface area contributed by atoms with Crippen LogP contribution in [0.2, 0.25) is 0 Å². The highest BCUT2D eigenvalue weighted by atomic mass is 32.1. The highest BCUT2D eigenvalue weighted by Gasteiger charge is 2.25. The third-order valence-corrected chi connectivity index (χ3v) is 5.73. The quantitative estimate of drug-likeness (QED) is 0.336. The smallest absolute Gasteiger partial charge is 0.307 e. The zero-order chi connectivity index (χ0) is 23.9. The number of esters is 1. The van der Waals surface area contributed by atoms with Crippen molar-refractivity contribution in [2.45, 2.75) is 19.9 Å². The molecule has 0 bridgehead atoms. The fourth-order valence-corrected chi connectivity index (χ4v) is 4.02. The Bertz CT molecular complexity index is 1260. The van der Waals surface area contributed by atoms with Crippen LogP contribution in [0.3, 0.4) is 0 Å². The Labute approximate surface area is 199 Å². The zero-order valence-electron chi connectivity index (χ0n) is 18.4. The van der Waals surface area contributed by atoms with Gasteiger partial charge in [-0.05, 0) is 48.2 Å². The van der Waals surface area contributed by atoms with Crippen LogP contribution in [0, 0.1) is 5.82 Å². The number of nitrogens with zero attached hydrogens (tertiary/aromatic N) is 5. The SMILES string of the molecule is CCOC(=O)CCN(Cc1cccnc1)C(=O)c1nc(-c2cccs2)n(-c2cccc(F)c2)n1. The van der Waals surface area contributed by atoms with Crippen molar-refractivity contribution >= 4 is 23.2 Å². The van der Waals surface area contributed by atoms with E-state index < -0.39 is 17.7 Å². The predicted octanol–water partition coefficient (Wildman–Crippen LogP) is 4.13. The third-order valence-electron chi connectivity index (χ3n) is 4.87. The molecule has 3 heterocycles. The summed E-state index contributed by atoms with van der Waals surface area (Å²) >= 11 is 1.43. The molecule has 4 rings (SSSR count). The van der Waals surface area contributed by atoms with Gasteiger partial charge < -0.3 is 9.64 Å². The number of hydrogen-bond donors (Lipinski definition) is 0. The number of hydrogen-bond acceptors (Lipinski definition) is 7. The largest absolute Gasteiger partial charge is 0.466 e. The minimum atomic E-state index is -0.457. The lowest BCUT2D eigenvalue weighted by atomic mass is 10.2. The molecule has 1 aromatic carbocycles. The summed E-state index contributed by atoms with van der Waals surface area (Å²) in [5, 5.41) is 6.31. The summed E-state index contributed by atoms with van der Waals surface area (Å²) < 4.78 is 20.4. The first-order valence-electron chi connectivity index (χ1n) is 10.7. The van der Waals surface area contributed by atoms with Gasteiger partial charge in [0.2, 0.25) is 5.82 Å². The van der Waals surface area contributed by atoms with E-state index >= 15 is 0 Å². The maximum atomic E-state index is 13.9. The minimum absolute atomic E-state index is 0.0300. The number of carbonyl (C=O) groups is 2. The first-order chi connectivity index (χ1) is 16.5. The van der Waals surface area contributed by atoms with Crippen LogP contribution in [0.1, 0.15) is 29.5 Å². The van der Waals surface area contributed by atoms with Crippen molar-refractivity contribution in [1.29, 1.82) is 0 Å². The van der Waals surface area contributed by atoms with Crippen LogP contribution >= 0.6 is 11.3 Å². The monoisotopic (exact) mass is 479 g/mol. The van der Waals surface area contributed by atoms with Gasteiger partial charge in [0, 0.05) is 25.5 Å². The molecule has 0 aliphatic carbocycles. The fraction of sp³-hybridized carbons (Fsp3) is 0.208. The number of ether oxygens (including phenoxy) is 1. The summed E-state index contributed by atoms with van der Waals surface area (Å²) in [6.07, 6.45) is 3.33. The van der Waals surface area contributed by atoms with E-state index in [1.807, 2.05) is 23.6 Å². The molecule has 0 aliphatic rings. The molecule has 0 aliphatic heterocycles. The molecule has 0 atom stereocenters. The van der Waals surface area contributed by atoms with Gasteiger partial charge in [0.15, 0.2) is 5.82 Å². The van der Waals surface area contributed by atoms with E-state index in [2.05, 4.69) is 15.1 Å². The lowest BCUT2D eigenvalue weighted by molar-refractivity contribution is -0.143. The number of halogens is 1. The molecular formula is C24H22FN5O3S. The number of aromatic nitrogens is 4. The summed E-state index contributed by atoms with van der Waals surface area (Å²) in [5.74, 6) is -0.910. The van der Waals surface area contributed by atoms with E-state index in [9.17, 15) is 14.0 Å². The van der Waals surface area contributed by atoms with Crippen molar-refractivity contribution in [3.8, 4) is 16.4 Å². The molecule has 0 radical (unpaired) electrons. The van der Waals surface area contributed by atoms with E-state index in [0.717, 1.165) is 10.4 Å². The number of carbonyl (C=O) groups excluding carboxylic acids is 2. The highest BCUT2D eigenvalue weighted by Crippen LogP contribution is 2.26. The third kappa shape index (κ3) is 5.52. The Morgan fingerprint density at radius 1 is 1.18 bits per heavy atom. The van der Waals surface area contributed by atoms with Gasteiger partial charge in [-0.25, -0.2) is 14.1 Å². The Hall–Kier alpha value is -3.92. The summed E-state index contributed by atoms with van der Waals surface area (Å²) in [7, 11) is 0. The first kappa shape index (κ1) is 23.2. The van der Waals surface area contributed by atoms with Crippen molar-refractivity contribution in [1.82, 2.24) is 24.6 Å². The van der Waals surface area contributed by atoms with Crippen molar-refractivity contribution < 1.29 is 18.7 Å². The molecule has 0 N–H and O–H groups in total. The second kappa shape index (κ2) is 10.8. The van der Waals surface area contributed by atoms with Crippen LogP contribution in [0.15, 0.2) is 66.3 Å². The topological polar surface area (TPSA) is 90.2 Å². The Balaban J connectivity index is 1.68. The van der Waals surface area contributed by atoms with Gasteiger partial charge in [0.25, 0.3) is 5.91 Å². The Morgan fingerprint density at radius 2 is 2.06 bits per heavy atom. The molecular weight excluding hydrogens is 457 g/mol. The van der Waals surface area contributed by atoms with Crippen molar-refractivity contribution in [2.24, 2.45) is 0 Å².